The van der Waals surface area contributed by atoms with Gasteiger partial charge in [0.05, 0.1) is 0 Å². The van der Waals surface area contributed by atoms with Crippen molar-refractivity contribution in [2.24, 2.45) is 0 Å². The minimum absolute atomic E-state index is 0.0376. The summed E-state index contributed by atoms with van der Waals surface area (Å²) in [6.45, 7) is 15.2. The molecule has 1 rings (SSSR count). The van der Waals surface area contributed by atoms with Gasteiger partial charge in [0, 0.05) is 16.0 Å². The van der Waals surface area contributed by atoms with Crippen LogP contribution in [0, 0.1) is 0 Å². The van der Waals surface area contributed by atoms with E-state index in [4.69, 9.17) is 0 Å². The van der Waals surface area contributed by atoms with Crippen LogP contribution in [0.1, 0.15) is 78.9 Å². The molecule has 0 amide bonds. The van der Waals surface area contributed by atoms with Crippen LogP contribution in [0.3, 0.4) is 0 Å². The Morgan fingerprint density at radius 2 is 1.38 bits per heavy atom. The molecule has 0 radical (unpaired) electrons. The van der Waals surface area contributed by atoms with E-state index in [9.17, 15) is 5.11 Å². The summed E-state index contributed by atoms with van der Waals surface area (Å²) in [6.07, 6.45) is 3.82. The summed E-state index contributed by atoms with van der Waals surface area (Å²) in [5.74, 6) is 1.64. The topological polar surface area (TPSA) is 20.2 Å². The first-order chi connectivity index (χ1) is 9.57. The summed E-state index contributed by atoms with van der Waals surface area (Å²) >= 11 is 1.92. The summed E-state index contributed by atoms with van der Waals surface area (Å²) in [5.41, 5.74) is 2.05. The number of thioether (sulfide) groups is 1. The molecule has 0 unspecified atom stereocenters. The standard InChI is InChI=1S/C19H32OS/c1-8-9-10-11-21-14-12-15(18(2,3)4)17(20)16(13-14)19(5,6)7/h12-13,20H,8-11H2,1-7H3. The summed E-state index contributed by atoms with van der Waals surface area (Å²) in [6, 6.07) is 4.36. The number of benzene rings is 1. The second-order valence-electron chi connectivity index (χ2n) is 7.92. The molecule has 21 heavy (non-hydrogen) atoms. The average Bonchev–Trinajstić information content (AvgIpc) is 2.33. The maximum absolute atomic E-state index is 10.7. The molecule has 0 aromatic heterocycles. The highest BCUT2D eigenvalue weighted by atomic mass is 32.2. The maximum Gasteiger partial charge on any atom is 0.123 e. The van der Waals surface area contributed by atoms with E-state index in [1.165, 1.54) is 24.2 Å². The molecule has 0 atom stereocenters. The molecule has 1 aromatic rings. The van der Waals surface area contributed by atoms with Gasteiger partial charge in [-0.15, -0.1) is 11.8 Å². The third-order valence-electron chi connectivity index (χ3n) is 3.72. The summed E-state index contributed by atoms with van der Waals surface area (Å²) in [4.78, 5) is 1.29. The molecule has 0 aliphatic rings. The van der Waals surface area contributed by atoms with Crippen LogP contribution in [0.2, 0.25) is 0 Å². The number of aromatic hydroxyl groups is 1. The smallest absolute Gasteiger partial charge is 0.123 e. The molecule has 0 fully saturated rings. The maximum atomic E-state index is 10.7. The van der Waals surface area contributed by atoms with Gasteiger partial charge in [-0.05, 0) is 35.1 Å². The lowest BCUT2D eigenvalue weighted by Gasteiger charge is -2.28. The molecule has 0 aliphatic heterocycles. The van der Waals surface area contributed by atoms with Gasteiger partial charge in [-0.25, -0.2) is 0 Å². The van der Waals surface area contributed by atoms with Gasteiger partial charge in [0.2, 0.25) is 0 Å². The second-order valence-corrected chi connectivity index (χ2v) is 9.09. The number of phenolic OH excluding ortho intramolecular Hbond substituents is 1. The van der Waals surface area contributed by atoms with Crippen molar-refractivity contribution in [1.29, 1.82) is 0 Å². The fourth-order valence-electron chi connectivity index (χ4n) is 2.38. The van der Waals surface area contributed by atoms with Crippen LogP contribution in [-0.2, 0) is 10.8 Å². The van der Waals surface area contributed by atoms with E-state index in [-0.39, 0.29) is 10.8 Å². The number of hydrogen-bond donors (Lipinski definition) is 1. The normalized spacial score (nSPS) is 12.7. The van der Waals surface area contributed by atoms with Crippen LogP contribution >= 0.6 is 11.8 Å². The SMILES string of the molecule is CCCCCSc1cc(C(C)(C)C)c(O)c(C(C)(C)C)c1. The fourth-order valence-corrected chi connectivity index (χ4v) is 3.36. The van der Waals surface area contributed by atoms with Crippen molar-refractivity contribution in [1.82, 2.24) is 0 Å². The molecule has 0 spiro atoms. The van der Waals surface area contributed by atoms with E-state index < -0.39 is 0 Å². The number of hydrogen-bond acceptors (Lipinski definition) is 2. The zero-order valence-corrected chi connectivity index (χ0v) is 15.7. The van der Waals surface area contributed by atoms with Crippen LogP contribution < -0.4 is 0 Å². The Morgan fingerprint density at radius 1 is 0.905 bits per heavy atom. The van der Waals surface area contributed by atoms with Gasteiger partial charge in [0.1, 0.15) is 5.75 Å². The van der Waals surface area contributed by atoms with E-state index in [2.05, 4.69) is 60.6 Å². The van der Waals surface area contributed by atoms with E-state index >= 15 is 0 Å². The number of rotatable bonds is 5. The molecule has 1 N–H and O–H groups in total. The Morgan fingerprint density at radius 3 is 1.76 bits per heavy atom. The highest BCUT2D eigenvalue weighted by Crippen LogP contribution is 2.41. The van der Waals surface area contributed by atoms with Crippen molar-refractivity contribution in [3.05, 3.63) is 23.3 Å². The first-order valence-electron chi connectivity index (χ1n) is 8.08. The first-order valence-corrected chi connectivity index (χ1v) is 9.06. The molecule has 0 saturated carbocycles. The van der Waals surface area contributed by atoms with Crippen molar-refractivity contribution >= 4 is 11.8 Å². The lowest BCUT2D eigenvalue weighted by Crippen LogP contribution is -2.17. The van der Waals surface area contributed by atoms with Gasteiger partial charge in [0.25, 0.3) is 0 Å². The van der Waals surface area contributed by atoms with E-state index in [1.54, 1.807) is 0 Å². The first kappa shape index (κ1) is 18.4. The molecule has 1 nitrogen and oxygen atoms in total. The van der Waals surface area contributed by atoms with Crippen molar-refractivity contribution in [3.8, 4) is 5.75 Å². The van der Waals surface area contributed by atoms with Crippen molar-refractivity contribution in [2.45, 2.75) is 83.5 Å². The van der Waals surface area contributed by atoms with Gasteiger partial charge < -0.3 is 5.11 Å². The molecule has 120 valence electrons. The van der Waals surface area contributed by atoms with E-state index in [1.807, 2.05) is 11.8 Å². The third-order valence-corrected chi connectivity index (χ3v) is 4.78. The average molecular weight is 309 g/mol. The van der Waals surface area contributed by atoms with Crippen LogP contribution in [0.5, 0.6) is 5.75 Å². The van der Waals surface area contributed by atoms with E-state index in [0.717, 1.165) is 16.9 Å². The van der Waals surface area contributed by atoms with Gasteiger partial charge in [-0.2, -0.15) is 0 Å². The molecule has 2 heteroatoms. The monoisotopic (exact) mass is 308 g/mol. The Kier molecular flexibility index (Phi) is 6.22. The van der Waals surface area contributed by atoms with Crippen LogP contribution in [0.25, 0.3) is 0 Å². The molecular weight excluding hydrogens is 276 g/mol. The largest absolute Gasteiger partial charge is 0.507 e. The van der Waals surface area contributed by atoms with Crippen LogP contribution in [0.4, 0.5) is 0 Å². The minimum Gasteiger partial charge on any atom is -0.507 e. The molecule has 0 aliphatic carbocycles. The zero-order valence-electron chi connectivity index (χ0n) is 14.8. The van der Waals surface area contributed by atoms with Gasteiger partial charge in [0.15, 0.2) is 0 Å². The predicted octanol–water partition coefficient (Wildman–Crippen LogP) is 6.27. The fraction of sp³-hybridized carbons (Fsp3) is 0.684. The highest BCUT2D eigenvalue weighted by Gasteiger charge is 2.26. The summed E-state index contributed by atoms with van der Waals surface area (Å²) < 4.78 is 0. The second kappa shape index (κ2) is 7.09. The van der Waals surface area contributed by atoms with Crippen molar-refractivity contribution in [3.63, 3.8) is 0 Å². The van der Waals surface area contributed by atoms with Gasteiger partial charge in [-0.3, -0.25) is 0 Å². The minimum atomic E-state index is -0.0376. The molecule has 1 aromatic carbocycles. The number of unbranched alkanes of at least 4 members (excludes halogenated alkanes) is 2. The van der Waals surface area contributed by atoms with Gasteiger partial charge in [-0.1, -0.05) is 61.3 Å². The molecular formula is C19H32OS. The molecule has 0 bridgehead atoms. The predicted molar refractivity (Wildman–Crippen MR) is 95.8 cm³/mol. The van der Waals surface area contributed by atoms with Gasteiger partial charge >= 0.3 is 0 Å². The Hall–Kier alpha value is -0.630. The highest BCUT2D eigenvalue weighted by molar-refractivity contribution is 7.99. The molecule has 0 saturated heterocycles. The Bertz CT molecular complexity index is 428. The number of phenols is 1. The lowest BCUT2D eigenvalue weighted by molar-refractivity contribution is 0.422. The van der Waals surface area contributed by atoms with Crippen molar-refractivity contribution in [2.75, 3.05) is 5.75 Å². The van der Waals surface area contributed by atoms with Crippen molar-refractivity contribution < 1.29 is 5.11 Å². The quantitative estimate of drug-likeness (QED) is 0.511. The van der Waals surface area contributed by atoms with Crippen LogP contribution in [-0.4, -0.2) is 10.9 Å². The zero-order chi connectivity index (χ0) is 16.3. The van der Waals surface area contributed by atoms with E-state index in [0.29, 0.717) is 5.75 Å². The van der Waals surface area contributed by atoms with Crippen LogP contribution in [0.15, 0.2) is 17.0 Å². The lowest BCUT2D eigenvalue weighted by atomic mass is 9.79. The molecule has 0 heterocycles. The summed E-state index contributed by atoms with van der Waals surface area (Å²) in [7, 11) is 0. The summed E-state index contributed by atoms with van der Waals surface area (Å²) in [5, 5.41) is 10.7. The Labute approximate surface area is 135 Å². The Balaban J connectivity index is 3.15. The third kappa shape index (κ3) is 5.25.